The van der Waals surface area contributed by atoms with Crippen LogP contribution in [0.4, 0.5) is 0 Å². The van der Waals surface area contributed by atoms with Crippen molar-refractivity contribution in [2.24, 2.45) is 11.8 Å². The number of aryl methyl sites for hydroxylation is 3. The van der Waals surface area contributed by atoms with Gasteiger partial charge in [-0.3, -0.25) is 0 Å². The van der Waals surface area contributed by atoms with E-state index in [4.69, 9.17) is 0 Å². The summed E-state index contributed by atoms with van der Waals surface area (Å²) in [7, 11) is 0. The fraction of sp³-hybridized carbons (Fsp3) is 0.684. The van der Waals surface area contributed by atoms with Crippen LogP contribution in [0.2, 0.25) is 0 Å². The smallest absolute Gasteiger partial charge is 0.0297 e. The van der Waals surface area contributed by atoms with Crippen LogP contribution in [0.3, 0.4) is 0 Å². The fourth-order valence-corrected chi connectivity index (χ4v) is 4.00. The summed E-state index contributed by atoms with van der Waals surface area (Å²) in [5, 5.41) is 3.80. The average molecular weight is 273 g/mol. The Hall–Kier alpha value is -0.820. The molecule has 1 aromatic carbocycles. The van der Waals surface area contributed by atoms with Gasteiger partial charge in [-0.1, -0.05) is 43.9 Å². The zero-order valence-electron chi connectivity index (χ0n) is 13.9. The van der Waals surface area contributed by atoms with Gasteiger partial charge in [-0.25, -0.2) is 0 Å². The van der Waals surface area contributed by atoms with Gasteiger partial charge in [0.25, 0.3) is 0 Å². The summed E-state index contributed by atoms with van der Waals surface area (Å²) in [5.74, 6) is 1.76. The molecule has 0 saturated heterocycles. The fourth-order valence-electron chi connectivity index (χ4n) is 4.00. The van der Waals surface area contributed by atoms with E-state index in [9.17, 15) is 0 Å². The van der Waals surface area contributed by atoms with Crippen LogP contribution in [0.15, 0.2) is 12.1 Å². The third-order valence-electron chi connectivity index (χ3n) is 5.15. The first-order valence-corrected chi connectivity index (χ1v) is 8.30. The van der Waals surface area contributed by atoms with E-state index >= 15 is 0 Å². The Kier molecular flexibility index (Phi) is 5.26. The van der Waals surface area contributed by atoms with Crippen LogP contribution in [0.25, 0.3) is 0 Å². The Morgan fingerprint density at radius 1 is 1.10 bits per heavy atom. The van der Waals surface area contributed by atoms with Gasteiger partial charge in [0.2, 0.25) is 0 Å². The first-order valence-electron chi connectivity index (χ1n) is 8.30. The first-order chi connectivity index (χ1) is 9.49. The largest absolute Gasteiger partial charge is 0.310 e. The van der Waals surface area contributed by atoms with Crippen molar-refractivity contribution in [3.63, 3.8) is 0 Å². The van der Waals surface area contributed by atoms with E-state index in [0.717, 1.165) is 11.8 Å². The molecule has 112 valence electrons. The van der Waals surface area contributed by atoms with Crippen molar-refractivity contribution < 1.29 is 0 Å². The highest BCUT2D eigenvalue weighted by Crippen LogP contribution is 2.30. The number of hydrogen-bond donors (Lipinski definition) is 1. The number of rotatable bonds is 4. The van der Waals surface area contributed by atoms with Crippen molar-refractivity contribution in [3.05, 3.63) is 34.4 Å². The molecule has 1 aliphatic carbocycles. The van der Waals surface area contributed by atoms with Crippen molar-refractivity contribution in [1.29, 1.82) is 0 Å². The molecule has 0 amide bonds. The lowest BCUT2D eigenvalue weighted by molar-refractivity contribution is 0.242. The SMILES string of the molecule is Cc1cc(C)c(C(C)NCC2CCCCC2C)c(C)c1. The zero-order chi connectivity index (χ0) is 14.7. The van der Waals surface area contributed by atoms with E-state index < -0.39 is 0 Å². The van der Waals surface area contributed by atoms with E-state index in [0.29, 0.717) is 6.04 Å². The monoisotopic (exact) mass is 273 g/mol. The number of nitrogens with one attached hydrogen (secondary N) is 1. The van der Waals surface area contributed by atoms with E-state index in [-0.39, 0.29) is 0 Å². The minimum atomic E-state index is 0.463. The Morgan fingerprint density at radius 3 is 2.30 bits per heavy atom. The second-order valence-electron chi connectivity index (χ2n) is 6.96. The molecule has 1 saturated carbocycles. The van der Waals surface area contributed by atoms with Gasteiger partial charge in [0.15, 0.2) is 0 Å². The second-order valence-corrected chi connectivity index (χ2v) is 6.96. The highest BCUT2D eigenvalue weighted by molar-refractivity contribution is 5.39. The molecule has 1 fully saturated rings. The maximum Gasteiger partial charge on any atom is 0.0297 e. The van der Waals surface area contributed by atoms with Gasteiger partial charge < -0.3 is 5.32 Å². The molecule has 2 rings (SSSR count). The second kappa shape index (κ2) is 6.76. The first kappa shape index (κ1) is 15.6. The highest BCUT2D eigenvalue weighted by atomic mass is 14.9. The summed E-state index contributed by atoms with van der Waals surface area (Å²) >= 11 is 0. The van der Waals surface area contributed by atoms with Gasteiger partial charge in [-0.15, -0.1) is 0 Å². The van der Waals surface area contributed by atoms with Crippen molar-refractivity contribution in [2.75, 3.05) is 6.54 Å². The maximum atomic E-state index is 3.80. The molecule has 0 heterocycles. The predicted molar refractivity (Wildman–Crippen MR) is 88.2 cm³/mol. The molecule has 0 aromatic heterocycles. The molecule has 1 aromatic rings. The van der Waals surface area contributed by atoms with E-state index in [2.05, 4.69) is 52.1 Å². The molecular weight excluding hydrogens is 242 g/mol. The van der Waals surface area contributed by atoms with Crippen molar-refractivity contribution >= 4 is 0 Å². The molecule has 3 atom stereocenters. The van der Waals surface area contributed by atoms with Gasteiger partial charge >= 0.3 is 0 Å². The van der Waals surface area contributed by atoms with Gasteiger partial charge in [-0.05, 0) is 69.2 Å². The zero-order valence-corrected chi connectivity index (χ0v) is 13.9. The number of hydrogen-bond acceptors (Lipinski definition) is 1. The van der Waals surface area contributed by atoms with Crippen molar-refractivity contribution in [3.8, 4) is 0 Å². The normalized spacial score (nSPS) is 24.6. The molecule has 1 heteroatoms. The van der Waals surface area contributed by atoms with Crippen molar-refractivity contribution in [1.82, 2.24) is 5.32 Å². The summed E-state index contributed by atoms with van der Waals surface area (Å²) in [4.78, 5) is 0. The summed E-state index contributed by atoms with van der Waals surface area (Å²) in [6.45, 7) is 12.6. The minimum Gasteiger partial charge on any atom is -0.310 e. The molecule has 0 bridgehead atoms. The molecule has 0 aliphatic heterocycles. The predicted octanol–water partition coefficient (Wildman–Crippen LogP) is 5.09. The minimum absolute atomic E-state index is 0.463. The average Bonchev–Trinajstić information content (AvgIpc) is 2.36. The van der Waals surface area contributed by atoms with E-state index in [1.807, 2.05) is 0 Å². The summed E-state index contributed by atoms with van der Waals surface area (Å²) in [6.07, 6.45) is 5.69. The molecule has 20 heavy (non-hydrogen) atoms. The van der Waals surface area contributed by atoms with Crippen LogP contribution in [0.1, 0.15) is 67.8 Å². The Morgan fingerprint density at radius 2 is 1.70 bits per heavy atom. The lowest BCUT2D eigenvalue weighted by Crippen LogP contribution is -2.31. The lowest BCUT2D eigenvalue weighted by atomic mass is 9.80. The van der Waals surface area contributed by atoms with Crippen molar-refractivity contribution in [2.45, 2.75) is 66.3 Å². The topological polar surface area (TPSA) is 12.0 Å². The molecule has 1 N–H and O–H groups in total. The quantitative estimate of drug-likeness (QED) is 0.806. The van der Waals surface area contributed by atoms with Crippen LogP contribution in [0, 0.1) is 32.6 Å². The Labute approximate surface area is 125 Å². The van der Waals surface area contributed by atoms with E-state index in [1.165, 1.54) is 54.5 Å². The van der Waals surface area contributed by atoms with Crippen LogP contribution in [-0.2, 0) is 0 Å². The highest BCUT2D eigenvalue weighted by Gasteiger charge is 2.22. The standard InChI is InChI=1S/C19H31N/c1-13-10-15(3)19(16(4)11-13)17(5)20-12-18-9-7-6-8-14(18)2/h10-11,14,17-18,20H,6-9,12H2,1-5H3. The third-order valence-corrected chi connectivity index (χ3v) is 5.15. The lowest BCUT2D eigenvalue weighted by Gasteiger charge is -2.30. The van der Waals surface area contributed by atoms with Gasteiger partial charge in [-0.2, -0.15) is 0 Å². The molecule has 1 aliphatic rings. The van der Waals surface area contributed by atoms with Crippen LogP contribution >= 0.6 is 0 Å². The molecule has 0 spiro atoms. The van der Waals surface area contributed by atoms with Gasteiger partial charge in [0, 0.05) is 6.04 Å². The van der Waals surface area contributed by atoms with Gasteiger partial charge in [0.05, 0.1) is 0 Å². The third kappa shape index (κ3) is 3.63. The van der Waals surface area contributed by atoms with E-state index in [1.54, 1.807) is 0 Å². The maximum absolute atomic E-state index is 3.80. The summed E-state index contributed by atoms with van der Waals surface area (Å²) < 4.78 is 0. The molecule has 0 radical (unpaired) electrons. The van der Waals surface area contributed by atoms with Crippen LogP contribution < -0.4 is 5.32 Å². The van der Waals surface area contributed by atoms with Crippen LogP contribution in [-0.4, -0.2) is 6.54 Å². The van der Waals surface area contributed by atoms with Gasteiger partial charge in [0.1, 0.15) is 0 Å². The van der Waals surface area contributed by atoms with Crippen LogP contribution in [0.5, 0.6) is 0 Å². The summed E-state index contributed by atoms with van der Waals surface area (Å²) in [6, 6.07) is 5.08. The Balaban J connectivity index is 1.99. The molecular formula is C19H31N. The molecule has 3 unspecified atom stereocenters. The Bertz CT molecular complexity index is 426. The molecule has 1 nitrogen and oxygen atoms in total. The summed E-state index contributed by atoms with van der Waals surface area (Å²) in [5.41, 5.74) is 5.73. The number of benzene rings is 1.